The van der Waals surface area contributed by atoms with E-state index in [0.717, 1.165) is 18.5 Å². The number of aromatic amines is 1. The van der Waals surface area contributed by atoms with Crippen molar-refractivity contribution in [3.8, 4) is 5.88 Å². The number of pyridine rings is 1. The Labute approximate surface area is 115 Å². The van der Waals surface area contributed by atoms with Gasteiger partial charge in [-0.2, -0.15) is 5.10 Å². The van der Waals surface area contributed by atoms with E-state index in [4.69, 9.17) is 10.5 Å². The van der Waals surface area contributed by atoms with E-state index >= 15 is 0 Å². The number of methoxy groups -OCH3 is 1. The Morgan fingerprint density at radius 1 is 1.50 bits per heavy atom. The Morgan fingerprint density at radius 2 is 2.30 bits per heavy atom. The highest BCUT2D eigenvalue weighted by atomic mass is 16.5. The van der Waals surface area contributed by atoms with Gasteiger partial charge in [-0.15, -0.1) is 0 Å². The zero-order valence-corrected chi connectivity index (χ0v) is 11.0. The number of hydrogen-bond donors (Lipinski definition) is 3. The lowest BCUT2D eigenvalue weighted by Crippen LogP contribution is -2.14. The first-order chi connectivity index (χ1) is 9.69. The third-order valence-corrected chi connectivity index (χ3v) is 3.24. The molecule has 1 aliphatic carbocycles. The van der Waals surface area contributed by atoms with E-state index in [0.29, 0.717) is 23.2 Å². The molecular weight excluding hydrogens is 258 g/mol. The van der Waals surface area contributed by atoms with Crippen LogP contribution in [0.25, 0.3) is 0 Å². The Hall–Kier alpha value is -2.57. The smallest absolute Gasteiger partial charge is 0.278 e. The van der Waals surface area contributed by atoms with E-state index in [1.54, 1.807) is 12.1 Å². The molecule has 3 rings (SSSR count). The summed E-state index contributed by atoms with van der Waals surface area (Å²) >= 11 is 0. The fourth-order valence-corrected chi connectivity index (χ4v) is 1.99. The number of nitrogen functional groups attached to an aromatic ring is 1. The van der Waals surface area contributed by atoms with Crippen molar-refractivity contribution in [1.82, 2.24) is 15.2 Å². The third-order valence-electron chi connectivity index (χ3n) is 3.24. The maximum Gasteiger partial charge on any atom is 0.278 e. The fourth-order valence-electron chi connectivity index (χ4n) is 1.99. The summed E-state index contributed by atoms with van der Waals surface area (Å²) in [7, 11) is 1.53. The second kappa shape index (κ2) is 4.84. The zero-order chi connectivity index (χ0) is 14.1. The van der Waals surface area contributed by atoms with Crippen molar-refractivity contribution in [2.24, 2.45) is 0 Å². The molecule has 0 radical (unpaired) electrons. The lowest BCUT2D eigenvalue weighted by molar-refractivity contribution is 0.102. The van der Waals surface area contributed by atoms with Gasteiger partial charge >= 0.3 is 0 Å². The summed E-state index contributed by atoms with van der Waals surface area (Å²) in [5.74, 6) is 0.558. The zero-order valence-electron chi connectivity index (χ0n) is 11.0. The first-order valence-corrected chi connectivity index (χ1v) is 6.34. The van der Waals surface area contributed by atoms with Crippen LogP contribution in [0.2, 0.25) is 0 Å². The molecular formula is C13H15N5O2. The van der Waals surface area contributed by atoms with Crippen LogP contribution < -0.4 is 15.8 Å². The van der Waals surface area contributed by atoms with Gasteiger partial charge in [0.2, 0.25) is 5.88 Å². The predicted molar refractivity (Wildman–Crippen MR) is 73.7 cm³/mol. The Kier molecular flexibility index (Phi) is 3.02. The molecule has 0 aromatic carbocycles. The van der Waals surface area contributed by atoms with Crippen molar-refractivity contribution in [3.63, 3.8) is 0 Å². The molecule has 1 amide bonds. The van der Waals surface area contributed by atoms with Crippen LogP contribution in [0.3, 0.4) is 0 Å². The molecule has 0 spiro atoms. The normalized spacial score (nSPS) is 14.1. The number of nitrogens with one attached hydrogen (secondary N) is 2. The summed E-state index contributed by atoms with van der Waals surface area (Å²) in [5, 5.41) is 9.55. The van der Waals surface area contributed by atoms with Gasteiger partial charge in [-0.3, -0.25) is 9.89 Å². The van der Waals surface area contributed by atoms with E-state index in [1.165, 1.54) is 13.3 Å². The van der Waals surface area contributed by atoms with E-state index in [9.17, 15) is 4.79 Å². The molecule has 0 unspecified atom stereocenters. The number of anilines is 2. The molecule has 0 aliphatic heterocycles. The van der Waals surface area contributed by atoms with Crippen molar-refractivity contribution in [1.29, 1.82) is 0 Å². The monoisotopic (exact) mass is 273 g/mol. The number of H-pyrrole nitrogens is 1. The number of nitrogens with two attached hydrogens (primary N) is 1. The summed E-state index contributed by atoms with van der Waals surface area (Å²) in [6.07, 6.45) is 3.70. The second-order valence-corrected chi connectivity index (χ2v) is 4.72. The lowest BCUT2D eigenvalue weighted by atomic mass is 10.2. The molecule has 7 nitrogen and oxygen atoms in total. The quantitative estimate of drug-likeness (QED) is 0.783. The average Bonchev–Trinajstić information content (AvgIpc) is 3.22. The highest BCUT2D eigenvalue weighted by molar-refractivity contribution is 6.06. The molecule has 2 heterocycles. The highest BCUT2D eigenvalue weighted by Gasteiger charge is 2.30. The number of amides is 1. The van der Waals surface area contributed by atoms with Gasteiger partial charge in [0.1, 0.15) is 0 Å². The Balaban J connectivity index is 1.75. The van der Waals surface area contributed by atoms with Gasteiger partial charge in [0.25, 0.3) is 5.91 Å². The number of carbonyl (C=O) groups is 1. The first-order valence-electron chi connectivity index (χ1n) is 6.34. The Bertz CT molecular complexity index is 631. The molecule has 20 heavy (non-hydrogen) atoms. The van der Waals surface area contributed by atoms with Crippen LogP contribution in [0, 0.1) is 0 Å². The van der Waals surface area contributed by atoms with Gasteiger partial charge < -0.3 is 15.8 Å². The van der Waals surface area contributed by atoms with Gasteiger partial charge in [-0.25, -0.2) is 4.98 Å². The summed E-state index contributed by atoms with van der Waals surface area (Å²) in [6.45, 7) is 0. The molecule has 1 aliphatic rings. The van der Waals surface area contributed by atoms with Crippen molar-refractivity contribution >= 4 is 17.3 Å². The molecule has 0 bridgehead atoms. The van der Waals surface area contributed by atoms with Crippen molar-refractivity contribution in [2.45, 2.75) is 18.8 Å². The standard InChI is InChI=1S/C13H15N5O2/c1-20-9-5-4-8(6-15-9)16-13(19)12-10(14)11(17-18-12)7-2-3-7/h4-7H,2-3,14H2,1H3,(H,16,19)(H,17,18). The SMILES string of the molecule is COc1ccc(NC(=O)c2n[nH]c(C3CC3)c2N)cn1. The minimum atomic E-state index is -0.349. The molecule has 2 aromatic rings. The maximum absolute atomic E-state index is 12.1. The van der Waals surface area contributed by atoms with Gasteiger partial charge in [0.05, 0.1) is 30.4 Å². The van der Waals surface area contributed by atoms with E-state index in [2.05, 4.69) is 20.5 Å². The topological polar surface area (TPSA) is 106 Å². The van der Waals surface area contributed by atoms with Crippen LogP contribution in [-0.4, -0.2) is 28.2 Å². The van der Waals surface area contributed by atoms with Gasteiger partial charge in [0.15, 0.2) is 5.69 Å². The number of ether oxygens (including phenoxy) is 1. The molecule has 0 atom stereocenters. The number of hydrogen-bond acceptors (Lipinski definition) is 5. The van der Waals surface area contributed by atoms with E-state index < -0.39 is 0 Å². The Morgan fingerprint density at radius 3 is 2.90 bits per heavy atom. The van der Waals surface area contributed by atoms with E-state index in [1.807, 2.05) is 0 Å². The van der Waals surface area contributed by atoms with E-state index in [-0.39, 0.29) is 11.6 Å². The fraction of sp³-hybridized carbons (Fsp3) is 0.308. The molecule has 0 saturated heterocycles. The third kappa shape index (κ3) is 2.29. The second-order valence-electron chi connectivity index (χ2n) is 4.72. The number of rotatable bonds is 4. The molecule has 7 heteroatoms. The summed E-state index contributed by atoms with van der Waals surface area (Å²) in [6, 6.07) is 3.37. The predicted octanol–water partition coefficient (Wildman–Crippen LogP) is 1.53. The number of aromatic nitrogens is 3. The lowest BCUT2D eigenvalue weighted by Gasteiger charge is -2.04. The number of carbonyl (C=O) groups excluding carboxylic acids is 1. The summed E-state index contributed by atoms with van der Waals surface area (Å²) in [4.78, 5) is 16.1. The van der Waals surface area contributed by atoms with Crippen molar-refractivity contribution in [3.05, 3.63) is 29.7 Å². The molecule has 1 fully saturated rings. The van der Waals surface area contributed by atoms with Gasteiger partial charge in [0, 0.05) is 12.0 Å². The molecule has 2 aromatic heterocycles. The molecule has 1 saturated carbocycles. The minimum Gasteiger partial charge on any atom is -0.481 e. The largest absolute Gasteiger partial charge is 0.481 e. The van der Waals surface area contributed by atoms with Crippen LogP contribution in [-0.2, 0) is 0 Å². The maximum atomic E-state index is 12.1. The van der Waals surface area contributed by atoms with Crippen LogP contribution in [0.4, 0.5) is 11.4 Å². The number of nitrogens with zero attached hydrogens (tertiary/aromatic N) is 2. The average molecular weight is 273 g/mol. The van der Waals surface area contributed by atoms with Gasteiger partial charge in [-0.1, -0.05) is 0 Å². The highest BCUT2D eigenvalue weighted by Crippen LogP contribution is 2.42. The minimum absolute atomic E-state index is 0.225. The summed E-state index contributed by atoms with van der Waals surface area (Å²) < 4.78 is 4.95. The van der Waals surface area contributed by atoms with Crippen LogP contribution in [0.15, 0.2) is 18.3 Å². The van der Waals surface area contributed by atoms with Gasteiger partial charge in [-0.05, 0) is 18.9 Å². The van der Waals surface area contributed by atoms with Crippen LogP contribution >= 0.6 is 0 Å². The van der Waals surface area contributed by atoms with Crippen LogP contribution in [0.1, 0.15) is 34.9 Å². The molecule has 4 N–H and O–H groups in total. The van der Waals surface area contributed by atoms with Crippen molar-refractivity contribution in [2.75, 3.05) is 18.2 Å². The summed E-state index contributed by atoms with van der Waals surface area (Å²) in [5.41, 5.74) is 8.04. The van der Waals surface area contributed by atoms with Crippen LogP contribution in [0.5, 0.6) is 5.88 Å². The first kappa shape index (κ1) is 12.5. The molecule has 104 valence electrons. The van der Waals surface area contributed by atoms with Crippen molar-refractivity contribution < 1.29 is 9.53 Å².